The van der Waals surface area contributed by atoms with Crippen LogP contribution >= 0.6 is 0 Å². The first-order valence-corrected chi connectivity index (χ1v) is 5.81. The van der Waals surface area contributed by atoms with Gasteiger partial charge in [-0.15, -0.1) is 0 Å². The molecule has 0 saturated carbocycles. The van der Waals surface area contributed by atoms with Gasteiger partial charge in [-0.25, -0.2) is 0 Å². The van der Waals surface area contributed by atoms with Gasteiger partial charge < -0.3 is 10.5 Å². The van der Waals surface area contributed by atoms with E-state index in [-0.39, 0.29) is 0 Å². The lowest BCUT2D eigenvalue weighted by Gasteiger charge is -2.26. The summed E-state index contributed by atoms with van der Waals surface area (Å²) in [6.45, 7) is 5.40. The van der Waals surface area contributed by atoms with E-state index in [4.69, 9.17) is 10.5 Å². The molecule has 1 fully saturated rings. The van der Waals surface area contributed by atoms with Gasteiger partial charge in [0.05, 0.1) is 18.9 Å². The van der Waals surface area contributed by atoms with Crippen LogP contribution in [-0.4, -0.2) is 47.5 Å². The van der Waals surface area contributed by atoms with Crippen LogP contribution < -0.4 is 5.73 Å². The molecule has 1 aromatic heterocycles. The topological polar surface area (TPSA) is 56.3 Å². The second-order valence-electron chi connectivity index (χ2n) is 4.18. The third-order valence-corrected chi connectivity index (χ3v) is 2.98. The molecule has 90 valence electrons. The molecule has 0 bridgehead atoms. The van der Waals surface area contributed by atoms with Crippen molar-refractivity contribution in [3.63, 3.8) is 0 Å². The smallest absolute Gasteiger partial charge is 0.0682 e. The highest BCUT2D eigenvalue weighted by atomic mass is 16.5. The molecule has 2 heterocycles. The maximum Gasteiger partial charge on any atom is 0.0682 e. The number of hydrogen-bond donors (Lipinski definition) is 1. The zero-order valence-corrected chi connectivity index (χ0v) is 9.85. The van der Waals surface area contributed by atoms with E-state index in [1.807, 2.05) is 17.9 Å². The van der Waals surface area contributed by atoms with Crippen molar-refractivity contribution in [3.8, 4) is 0 Å². The fourth-order valence-corrected chi connectivity index (χ4v) is 2.05. The van der Waals surface area contributed by atoms with Crippen LogP contribution in [0, 0.1) is 0 Å². The van der Waals surface area contributed by atoms with E-state index < -0.39 is 0 Å². The molecule has 0 amide bonds. The molecule has 0 spiro atoms. The van der Waals surface area contributed by atoms with E-state index in [2.05, 4.69) is 10.00 Å². The first kappa shape index (κ1) is 11.6. The summed E-state index contributed by atoms with van der Waals surface area (Å²) in [7, 11) is 1.94. The Morgan fingerprint density at radius 3 is 2.88 bits per heavy atom. The van der Waals surface area contributed by atoms with Crippen LogP contribution in [0.5, 0.6) is 0 Å². The van der Waals surface area contributed by atoms with Crippen molar-refractivity contribution in [1.82, 2.24) is 14.7 Å². The predicted octanol–water partition coefficient (Wildman–Crippen LogP) is -0.246. The maximum absolute atomic E-state index is 5.69. The van der Waals surface area contributed by atoms with Gasteiger partial charge in [0, 0.05) is 51.4 Å². The highest BCUT2D eigenvalue weighted by Gasteiger charge is 2.12. The summed E-state index contributed by atoms with van der Waals surface area (Å²) >= 11 is 0. The number of ether oxygens (including phenoxy) is 1. The highest BCUT2D eigenvalue weighted by molar-refractivity contribution is 5.16. The molecule has 2 N–H and O–H groups in total. The second kappa shape index (κ2) is 5.43. The summed E-state index contributed by atoms with van der Waals surface area (Å²) < 4.78 is 7.16. The minimum atomic E-state index is 0.576. The Labute approximate surface area is 96.2 Å². The lowest BCUT2D eigenvalue weighted by Crippen LogP contribution is -2.37. The Morgan fingerprint density at radius 2 is 2.19 bits per heavy atom. The van der Waals surface area contributed by atoms with Crippen molar-refractivity contribution >= 4 is 0 Å². The van der Waals surface area contributed by atoms with Gasteiger partial charge in [-0.1, -0.05) is 0 Å². The molecule has 0 unspecified atom stereocenters. The average molecular weight is 224 g/mol. The predicted molar refractivity (Wildman–Crippen MR) is 62.1 cm³/mol. The fraction of sp³-hybridized carbons (Fsp3) is 0.727. The summed E-state index contributed by atoms with van der Waals surface area (Å²) in [6, 6.07) is 0. The van der Waals surface area contributed by atoms with E-state index >= 15 is 0 Å². The Bertz CT molecular complexity index is 331. The Morgan fingerprint density at radius 1 is 1.44 bits per heavy atom. The first-order chi connectivity index (χ1) is 7.79. The van der Waals surface area contributed by atoms with Gasteiger partial charge in [0.25, 0.3) is 0 Å². The van der Waals surface area contributed by atoms with Crippen molar-refractivity contribution in [3.05, 3.63) is 17.5 Å². The van der Waals surface area contributed by atoms with Gasteiger partial charge in [0.15, 0.2) is 0 Å². The van der Waals surface area contributed by atoms with Gasteiger partial charge in [0.1, 0.15) is 0 Å². The number of nitrogens with two attached hydrogens (primary N) is 1. The molecule has 5 heteroatoms. The first-order valence-electron chi connectivity index (χ1n) is 5.81. The fourth-order valence-electron chi connectivity index (χ4n) is 2.05. The number of aryl methyl sites for hydroxylation is 1. The highest BCUT2D eigenvalue weighted by Crippen LogP contribution is 2.07. The molecule has 16 heavy (non-hydrogen) atoms. The van der Waals surface area contributed by atoms with Crippen LogP contribution in [0.2, 0.25) is 0 Å². The van der Waals surface area contributed by atoms with Gasteiger partial charge >= 0.3 is 0 Å². The van der Waals surface area contributed by atoms with Gasteiger partial charge in [-0.2, -0.15) is 5.10 Å². The zero-order chi connectivity index (χ0) is 11.4. The molecule has 5 nitrogen and oxygen atoms in total. The number of aromatic nitrogens is 2. The molecule has 1 aliphatic rings. The zero-order valence-electron chi connectivity index (χ0n) is 9.85. The lowest BCUT2D eigenvalue weighted by molar-refractivity contribution is 0.0383. The van der Waals surface area contributed by atoms with Crippen molar-refractivity contribution in [2.75, 3.05) is 32.8 Å². The number of hydrogen-bond acceptors (Lipinski definition) is 4. The van der Waals surface area contributed by atoms with E-state index in [1.165, 1.54) is 0 Å². The molecule has 1 aliphatic heterocycles. The summed E-state index contributed by atoms with van der Waals surface area (Å²) in [5.41, 5.74) is 7.98. The van der Waals surface area contributed by atoms with E-state index in [0.717, 1.165) is 50.5 Å². The Kier molecular flexibility index (Phi) is 3.93. The van der Waals surface area contributed by atoms with E-state index in [9.17, 15) is 0 Å². The Balaban J connectivity index is 1.87. The summed E-state index contributed by atoms with van der Waals surface area (Å²) in [6.07, 6.45) is 2.99. The van der Waals surface area contributed by atoms with Crippen molar-refractivity contribution in [2.24, 2.45) is 12.8 Å². The Hall–Kier alpha value is -0.910. The molecule has 0 aromatic carbocycles. The van der Waals surface area contributed by atoms with E-state index in [0.29, 0.717) is 6.54 Å². The van der Waals surface area contributed by atoms with Crippen molar-refractivity contribution in [1.29, 1.82) is 0 Å². The minimum Gasteiger partial charge on any atom is -0.379 e. The summed E-state index contributed by atoms with van der Waals surface area (Å²) in [5, 5.41) is 4.44. The second-order valence-corrected chi connectivity index (χ2v) is 4.18. The van der Waals surface area contributed by atoms with Gasteiger partial charge in [-0.05, 0) is 0 Å². The molecule has 0 atom stereocenters. The SMILES string of the molecule is Cn1cc(CN)c(CCN2CCOCC2)n1. The standard InChI is InChI=1S/C11H20N4O/c1-14-9-10(8-12)11(13-14)2-3-15-4-6-16-7-5-15/h9H,2-8,12H2,1H3. The largest absolute Gasteiger partial charge is 0.379 e. The monoisotopic (exact) mass is 224 g/mol. The van der Waals surface area contributed by atoms with Crippen LogP contribution in [0.15, 0.2) is 6.20 Å². The summed E-state index contributed by atoms with van der Waals surface area (Å²) in [5.74, 6) is 0. The van der Waals surface area contributed by atoms with Crippen molar-refractivity contribution in [2.45, 2.75) is 13.0 Å². The number of rotatable bonds is 4. The van der Waals surface area contributed by atoms with Crippen LogP contribution in [0.3, 0.4) is 0 Å². The van der Waals surface area contributed by atoms with Crippen LogP contribution in [0.4, 0.5) is 0 Å². The third-order valence-electron chi connectivity index (χ3n) is 2.98. The normalized spacial score (nSPS) is 17.9. The molecule has 1 saturated heterocycles. The molecule has 1 aromatic rings. The quantitative estimate of drug-likeness (QED) is 0.766. The average Bonchev–Trinajstić information content (AvgIpc) is 2.68. The molecule has 2 rings (SSSR count). The minimum absolute atomic E-state index is 0.576. The van der Waals surface area contributed by atoms with Crippen LogP contribution in [0.1, 0.15) is 11.3 Å². The maximum atomic E-state index is 5.69. The lowest BCUT2D eigenvalue weighted by atomic mass is 10.2. The molecule has 0 radical (unpaired) electrons. The van der Waals surface area contributed by atoms with Crippen LogP contribution in [0.25, 0.3) is 0 Å². The summed E-state index contributed by atoms with van der Waals surface area (Å²) in [4.78, 5) is 2.42. The third kappa shape index (κ3) is 2.81. The number of morpholine rings is 1. The van der Waals surface area contributed by atoms with Gasteiger partial charge in [0.2, 0.25) is 0 Å². The van der Waals surface area contributed by atoms with Crippen LogP contribution in [-0.2, 0) is 24.8 Å². The van der Waals surface area contributed by atoms with Gasteiger partial charge in [-0.3, -0.25) is 9.58 Å². The number of nitrogens with zero attached hydrogens (tertiary/aromatic N) is 3. The van der Waals surface area contributed by atoms with Crippen molar-refractivity contribution < 1.29 is 4.74 Å². The molecule has 0 aliphatic carbocycles. The van der Waals surface area contributed by atoms with E-state index in [1.54, 1.807) is 0 Å². The molecular formula is C11H20N4O. The molecular weight excluding hydrogens is 204 g/mol.